The summed E-state index contributed by atoms with van der Waals surface area (Å²) in [5, 5.41) is 11.1. The molecule has 0 radical (unpaired) electrons. The van der Waals surface area contributed by atoms with Crippen LogP contribution in [0, 0.1) is 0 Å². The Morgan fingerprint density at radius 2 is 2.05 bits per heavy atom. The predicted molar refractivity (Wildman–Crippen MR) is 66.8 cm³/mol. The molecule has 1 aromatic carbocycles. The number of rotatable bonds is 4. The number of benzene rings is 1. The first kappa shape index (κ1) is 13.5. The maximum absolute atomic E-state index is 11.5. The van der Waals surface area contributed by atoms with Crippen molar-refractivity contribution in [3.05, 3.63) is 22.7 Å². The zero-order valence-corrected chi connectivity index (χ0v) is 10.7. The summed E-state index contributed by atoms with van der Waals surface area (Å²) in [4.78, 5) is 21.8. The van der Waals surface area contributed by atoms with E-state index >= 15 is 0 Å². The number of carboxylic acid groups (broad SMARTS) is 1. The van der Waals surface area contributed by atoms with Crippen LogP contribution in [0.3, 0.4) is 0 Å². The number of carbonyl (C=O) groups excluding carboxylic acids is 1. The fourth-order valence-corrected chi connectivity index (χ4v) is 1.98. The van der Waals surface area contributed by atoms with Crippen molar-refractivity contribution in [1.82, 2.24) is 5.32 Å². The minimum absolute atomic E-state index is 0.0314. The number of hydrogen-bond donors (Lipinski definition) is 2. The smallest absolute Gasteiger partial charge is 0.322 e. The summed E-state index contributed by atoms with van der Waals surface area (Å²) in [7, 11) is 0. The van der Waals surface area contributed by atoms with E-state index in [0.29, 0.717) is 35.3 Å². The molecule has 0 unspecified atom stereocenters. The number of fused-ring (bicyclic) bond motifs is 1. The van der Waals surface area contributed by atoms with Crippen LogP contribution in [0.25, 0.3) is 0 Å². The molecule has 1 aliphatic heterocycles. The third kappa shape index (κ3) is 3.51. The molecule has 2 N–H and O–H groups in total. The van der Waals surface area contributed by atoms with Gasteiger partial charge in [-0.15, -0.1) is 0 Å². The second-order valence-corrected chi connectivity index (χ2v) is 4.36. The molecule has 0 saturated heterocycles. The van der Waals surface area contributed by atoms with Crippen LogP contribution < -0.4 is 14.8 Å². The Labute approximate surface area is 114 Å². The number of amides is 1. The summed E-state index contributed by atoms with van der Waals surface area (Å²) in [6, 6.07) is 3.27. The molecule has 0 saturated carbocycles. The molecule has 1 heterocycles. The largest absolute Gasteiger partial charge is 0.486 e. The summed E-state index contributed by atoms with van der Waals surface area (Å²) >= 11 is 6.03. The third-order valence-corrected chi connectivity index (χ3v) is 2.74. The number of hydrogen-bond acceptors (Lipinski definition) is 4. The van der Waals surface area contributed by atoms with Gasteiger partial charge in [-0.1, -0.05) is 11.6 Å². The van der Waals surface area contributed by atoms with Gasteiger partial charge in [-0.25, -0.2) is 0 Å². The van der Waals surface area contributed by atoms with Gasteiger partial charge in [-0.2, -0.15) is 0 Å². The van der Waals surface area contributed by atoms with Gasteiger partial charge in [-0.05, 0) is 17.7 Å². The summed E-state index contributed by atoms with van der Waals surface area (Å²) < 4.78 is 10.7. The fraction of sp³-hybridized carbons (Fsp3) is 0.333. The minimum atomic E-state index is -1.09. The molecule has 2 rings (SSSR count). The van der Waals surface area contributed by atoms with Gasteiger partial charge in [0.25, 0.3) is 0 Å². The van der Waals surface area contributed by atoms with Gasteiger partial charge in [0, 0.05) is 0 Å². The maximum Gasteiger partial charge on any atom is 0.322 e. The number of ether oxygens (including phenoxy) is 2. The van der Waals surface area contributed by atoms with Gasteiger partial charge in [-0.3, -0.25) is 9.59 Å². The topological polar surface area (TPSA) is 84.9 Å². The van der Waals surface area contributed by atoms with Crippen molar-refractivity contribution in [2.45, 2.75) is 6.42 Å². The van der Waals surface area contributed by atoms with Crippen LogP contribution in [0.15, 0.2) is 12.1 Å². The lowest BCUT2D eigenvalue weighted by atomic mass is 10.1. The number of nitrogens with one attached hydrogen (secondary N) is 1. The molecule has 102 valence electrons. The minimum Gasteiger partial charge on any atom is -0.486 e. The van der Waals surface area contributed by atoms with Crippen molar-refractivity contribution in [3.63, 3.8) is 0 Å². The van der Waals surface area contributed by atoms with Crippen LogP contribution in [-0.2, 0) is 16.0 Å². The van der Waals surface area contributed by atoms with Crippen LogP contribution in [-0.4, -0.2) is 36.7 Å². The molecule has 19 heavy (non-hydrogen) atoms. The van der Waals surface area contributed by atoms with E-state index in [1.165, 1.54) is 0 Å². The third-order valence-electron chi connectivity index (χ3n) is 2.46. The molecule has 0 aliphatic carbocycles. The highest BCUT2D eigenvalue weighted by atomic mass is 35.5. The number of halogens is 1. The van der Waals surface area contributed by atoms with Crippen molar-refractivity contribution in [1.29, 1.82) is 0 Å². The standard InChI is InChI=1S/C12H12ClNO5/c13-8-3-7(5-10(15)14-6-11(16)17)4-9-12(8)19-2-1-18-9/h3-4H,1-2,5-6H2,(H,14,15)(H,16,17). The zero-order valence-electron chi connectivity index (χ0n) is 9.94. The van der Waals surface area contributed by atoms with Crippen LogP contribution in [0.4, 0.5) is 0 Å². The van der Waals surface area contributed by atoms with Gasteiger partial charge in [0.05, 0.1) is 11.4 Å². The molecule has 1 amide bonds. The molecular formula is C12H12ClNO5. The highest BCUT2D eigenvalue weighted by molar-refractivity contribution is 6.32. The van der Waals surface area contributed by atoms with E-state index in [1.807, 2.05) is 0 Å². The lowest BCUT2D eigenvalue weighted by Gasteiger charge is -2.20. The van der Waals surface area contributed by atoms with Gasteiger partial charge >= 0.3 is 5.97 Å². The summed E-state index contributed by atoms with van der Waals surface area (Å²) in [5.41, 5.74) is 0.636. The van der Waals surface area contributed by atoms with Gasteiger partial charge in [0.2, 0.25) is 5.91 Å². The molecule has 7 heteroatoms. The molecular weight excluding hydrogens is 274 g/mol. The first-order chi connectivity index (χ1) is 9.06. The van der Waals surface area contributed by atoms with E-state index < -0.39 is 18.4 Å². The lowest BCUT2D eigenvalue weighted by Crippen LogP contribution is -2.30. The molecule has 0 aromatic heterocycles. The van der Waals surface area contributed by atoms with Crippen molar-refractivity contribution < 1.29 is 24.2 Å². The Balaban J connectivity index is 2.07. The SMILES string of the molecule is O=C(O)CNC(=O)Cc1cc(Cl)c2c(c1)OCCO2. The molecule has 0 bridgehead atoms. The highest BCUT2D eigenvalue weighted by Crippen LogP contribution is 2.38. The second-order valence-electron chi connectivity index (χ2n) is 3.95. The first-order valence-electron chi connectivity index (χ1n) is 5.63. The average Bonchev–Trinajstić information content (AvgIpc) is 2.36. The molecule has 1 aromatic rings. The Hall–Kier alpha value is -1.95. The summed E-state index contributed by atoms with van der Waals surface area (Å²) in [6.07, 6.45) is 0.0314. The van der Waals surface area contributed by atoms with Crippen LogP contribution in [0.1, 0.15) is 5.56 Å². The quantitative estimate of drug-likeness (QED) is 0.857. The van der Waals surface area contributed by atoms with Crippen LogP contribution in [0.5, 0.6) is 11.5 Å². The lowest BCUT2D eigenvalue weighted by molar-refractivity contribution is -0.137. The van der Waals surface area contributed by atoms with Gasteiger partial charge in [0.1, 0.15) is 19.8 Å². The van der Waals surface area contributed by atoms with E-state index in [9.17, 15) is 9.59 Å². The Morgan fingerprint density at radius 1 is 1.32 bits per heavy atom. The fourth-order valence-electron chi connectivity index (χ4n) is 1.69. The van der Waals surface area contributed by atoms with Crippen molar-refractivity contribution in [2.24, 2.45) is 0 Å². The van der Waals surface area contributed by atoms with E-state index in [1.54, 1.807) is 12.1 Å². The van der Waals surface area contributed by atoms with E-state index in [0.717, 1.165) is 0 Å². The highest BCUT2D eigenvalue weighted by Gasteiger charge is 2.17. The van der Waals surface area contributed by atoms with Crippen molar-refractivity contribution >= 4 is 23.5 Å². The summed E-state index contributed by atoms with van der Waals surface area (Å²) in [6.45, 7) is 0.459. The second kappa shape index (κ2) is 5.79. The maximum atomic E-state index is 11.5. The number of carboxylic acids is 1. The first-order valence-corrected chi connectivity index (χ1v) is 6.00. The van der Waals surface area contributed by atoms with E-state index in [-0.39, 0.29) is 6.42 Å². The number of aliphatic carboxylic acids is 1. The average molecular weight is 286 g/mol. The molecule has 0 spiro atoms. The van der Waals surface area contributed by atoms with Crippen LogP contribution >= 0.6 is 11.6 Å². The van der Waals surface area contributed by atoms with Crippen molar-refractivity contribution in [2.75, 3.05) is 19.8 Å². The normalized spacial score (nSPS) is 12.9. The summed E-state index contributed by atoms with van der Waals surface area (Å²) in [5.74, 6) is -0.508. The van der Waals surface area contributed by atoms with E-state index in [4.69, 9.17) is 26.2 Å². The molecule has 0 atom stereocenters. The molecule has 6 nitrogen and oxygen atoms in total. The monoisotopic (exact) mass is 285 g/mol. The Morgan fingerprint density at radius 3 is 2.79 bits per heavy atom. The molecule has 1 aliphatic rings. The predicted octanol–water partition coefficient (Wildman–Crippen LogP) is 0.854. The Kier molecular flexibility index (Phi) is 4.11. The van der Waals surface area contributed by atoms with Gasteiger partial charge in [0.15, 0.2) is 11.5 Å². The van der Waals surface area contributed by atoms with Crippen molar-refractivity contribution in [3.8, 4) is 11.5 Å². The zero-order chi connectivity index (χ0) is 13.8. The van der Waals surface area contributed by atoms with Gasteiger partial charge < -0.3 is 19.9 Å². The number of carbonyl (C=O) groups is 2. The molecule has 0 fully saturated rings. The van der Waals surface area contributed by atoms with E-state index in [2.05, 4.69) is 5.32 Å². The Bertz CT molecular complexity index is 517. The van der Waals surface area contributed by atoms with Crippen LogP contribution in [0.2, 0.25) is 5.02 Å².